The number of aliphatic hydroxyl groups excluding tert-OH is 1. The fourth-order valence-electron chi connectivity index (χ4n) is 1.64. The molecule has 1 N–H and O–H groups in total. The van der Waals surface area contributed by atoms with Gasteiger partial charge in [0.05, 0.1) is 6.10 Å². The van der Waals surface area contributed by atoms with Crippen LogP contribution in [0.5, 0.6) is 0 Å². The van der Waals surface area contributed by atoms with Gasteiger partial charge in [-0.15, -0.1) is 0 Å². The van der Waals surface area contributed by atoms with Crippen LogP contribution in [0.15, 0.2) is 18.2 Å². The highest BCUT2D eigenvalue weighted by Crippen LogP contribution is 2.20. The van der Waals surface area contributed by atoms with Crippen LogP contribution in [0.4, 0.5) is 0 Å². The van der Waals surface area contributed by atoms with Crippen molar-refractivity contribution in [3.63, 3.8) is 0 Å². The summed E-state index contributed by atoms with van der Waals surface area (Å²) in [5.41, 5.74) is 3.51. The van der Waals surface area contributed by atoms with E-state index in [0.717, 1.165) is 18.4 Å². The van der Waals surface area contributed by atoms with Gasteiger partial charge in [0.2, 0.25) is 0 Å². The molecule has 0 heterocycles. The maximum Gasteiger partial charge on any atom is 0.0790 e. The first-order chi connectivity index (χ1) is 6.13. The van der Waals surface area contributed by atoms with Crippen LogP contribution in [0.25, 0.3) is 0 Å². The Hall–Kier alpha value is -0.820. The summed E-state index contributed by atoms with van der Waals surface area (Å²) in [5.74, 6) is 0. The average molecular weight is 178 g/mol. The molecule has 0 aliphatic heterocycles. The zero-order valence-corrected chi connectivity index (χ0v) is 8.67. The molecule has 0 saturated heterocycles. The Balaban J connectivity index is 2.87. The fraction of sp³-hybridized carbons (Fsp3) is 0.500. The zero-order chi connectivity index (χ0) is 9.84. The van der Waals surface area contributed by atoms with E-state index in [2.05, 4.69) is 39.0 Å². The van der Waals surface area contributed by atoms with Crippen molar-refractivity contribution < 1.29 is 5.11 Å². The van der Waals surface area contributed by atoms with E-state index >= 15 is 0 Å². The first kappa shape index (κ1) is 10.3. The van der Waals surface area contributed by atoms with Crippen molar-refractivity contribution >= 4 is 0 Å². The van der Waals surface area contributed by atoms with Crippen LogP contribution in [0.2, 0.25) is 0 Å². The normalized spacial score (nSPS) is 12.9. The molecular weight excluding hydrogens is 160 g/mol. The summed E-state index contributed by atoms with van der Waals surface area (Å²) in [6.45, 7) is 6.22. The SMILES string of the molecule is CCC[C@H](O)c1cc(C)cc(C)c1. The van der Waals surface area contributed by atoms with E-state index in [1.807, 2.05) is 0 Å². The van der Waals surface area contributed by atoms with Gasteiger partial charge in [-0.25, -0.2) is 0 Å². The molecule has 1 heteroatoms. The van der Waals surface area contributed by atoms with Gasteiger partial charge in [0.25, 0.3) is 0 Å². The van der Waals surface area contributed by atoms with Gasteiger partial charge < -0.3 is 5.11 Å². The Kier molecular flexibility index (Phi) is 3.49. The molecule has 0 unspecified atom stereocenters. The summed E-state index contributed by atoms with van der Waals surface area (Å²) in [6, 6.07) is 6.25. The second-order valence-electron chi connectivity index (χ2n) is 3.73. The highest BCUT2D eigenvalue weighted by atomic mass is 16.3. The predicted octanol–water partition coefficient (Wildman–Crippen LogP) is 3.14. The predicted molar refractivity (Wildman–Crippen MR) is 55.8 cm³/mol. The quantitative estimate of drug-likeness (QED) is 0.754. The van der Waals surface area contributed by atoms with E-state index in [1.54, 1.807) is 0 Å². The summed E-state index contributed by atoms with van der Waals surface area (Å²) in [5, 5.41) is 9.77. The van der Waals surface area contributed by atoms with Crippen molar-refractivity contribution in [2.45, 2.75) is 39.7 Å². The molecule has 0 aromatic heterocycles. The number of rotatable bonds is 3. The molecule has 13 heavy (non-hydrogen) atoms. The number of hydrogen-bond acceptors (Lipinski definition) is 1. The topological polar surface area (TPSA) is 20.2 Å². The Bertz CT molecular complexity index is 258. The fourth-order valence-corrected chi connectivity index (χ4v) is 1.64. The van der Waals surface area contributed by atoms with Gasteiger partial charge in [-0.1, -0.05) is 42.7 Å². The van der Waals surface area contributed by atoms with Gasteiger partial charge in [-0.05, 0) is 25.8 Å². The van der Waals surface area contributed by atoms with Crippen LogP contribution >= 0.6 is 0 Å². The highest BCUT2D eigenvalue weighted by molar-refractivity contribution is 5.29. The summed E-state index contributed by atoms with van der Waals surface area (Å²) in [7, 11) is 0. The lowest BCUT2D eigenvalue weighted by atomic mass is 10.0. The van der Waals surface area contributed by atoms with Crippen LogP contribution in [0.3, 0.4) is 0 Å². The molecule has 0 fully saturated rings. The molecule has 1 atom stereocenters. The van der Waals surface area contributed by atoms with Gasteiger partial charge in [0.1, 0.15) is 0 Å². The summed E-state index contributed by atoms with van der Waals surface area (Å²) in [6.07, 6.45) is 1.58. The maximum atomic E-state index is 9.77. The zero-order valence-electron chi connectivity index (χ0n) is 8.67. The molecule has 1 aromatic carbocycles. The van der Waals surface area contributed by atoms with Gasteiger partial charge in [-0.2, -0.15) is 0 Å². The first-order valence-electron chi connectivity index (χ1n) is 4.89. The molecule has 0 saturated carbocycles. The first-order valence-corrected chi connectivity index (χ1v) is 4.89. The standard InChI is InChI=1S/C12H18O/c1-4-5-12(13)11-7-9(2)6-10(3)8-11/h6-8,12-13H,4-5H2,1-3H3/t12-/m0/s1. The van der Waals surface area contributed by atoms with Crippen molar-refractivity contribution in [1.29, 1.82) is 0 Å². The van der Waals surface area contributed by atoms with E-state index in [-0.39, 0.29) is 6.10 Å². The monoisotopic (exact) mass is 178 g/mol. The number of hydrogen-bond donors (Lipinski definition) is 1. The van der Waals surface area contributed by atoms with E-state index in [9.17, 15) is 5.11 Å². The molecule has 0 radical (unpaired) electrons. The third kappa shape index (κ3) is 2.85. The molecule has 0 amide bonds. The third-order valence-electron chi connectivity index (χ3n) is 2.19. The van der Waals surface area contributed by atoms with Crippen molar-refractivity contribution in [3.8, 4) is 0 Å². The summed E-state index contributed by atoms with van der Waals surface area (Å²) < 4.78 is 0. The number of benzene rings is 1. The van der Waals surface area contributed by atoms with Crippen LogP contribution in [0, 0.1) is 13.8 Å². The van der Waals surface area contributed by atoms with Gasteiger partial charge in [-0.3, -0.25) is 0 Å². The van der Waals surface area contributed by atoms with Crippen molar-refractivity contribution in [2.75, 3.05) is 0 Å². The maximum absolute atomic E-state index is 9.77. The van der Waals surface area contributed by atoms with Crippen LogP contribution < -0.4 is 0 Å². The number of aliphatic hydroxyl groups is 1. The minimum absolute atomic E-state index is 0.288. The molecule has 1 aromatic rings. The second-order valence-corrected chi connectivity index (χ2v) is 3.73. The Morgan fingerprint density at radius 2 is 1.69 bits per heavy atom. The summed E-state index contributed by atoms with van der Waals surface area (Å²) in [4.78, 5) is 0. The molecule has 0 bridgehead atoms. The van der Waals surface area contributed by atoms with Crippen molar-refractivity contribution in [1.82, 2.24) is 0 Å². The minimum Gasteiger partial charge on any atom is -0.388 e. The van der Waals surface area contributed by atoms with Gasteiger partial charge in [0, 0.05) is 0 Å². The van der Waals surface area contributed by atoms with Crippen LogP contribution in [0.1, 0.15) is 42.6 Å². The largest absolute Gasteiger partial charge is 0.388 e. The average Bonchev–Trinajstić information content (AvgIpc) is 2.03. The van der Waals surface area contributed by atoms with Gasteiger partial charge in [0.15, 0.2) is 0 Å². The third-order valence-corrected chi connectivity index (χ3v) is 2.19. The molecule has 72 valence electrons. The van der Waals surface area contributed by atoms with Crippen molar-refractivity contribution in [2.24, 2.45) is 0 Å². The lowest BCUT2D eigenvalue weighted by molar-refractivity contribution is 0.166. The molecule has 1 rings (SSSR count). The van der Waals surface area contributed by atoms with Gasteiger partial charge >= 0.3 is 0 Å². The second kappa shape index (κ2) is 4.43. The van der Waals surface area contributed by atoms with Crippen LogP contribution in [-0.2, 0) is 0 Å². The lowest BCUT2D eigenvalue weighted by Crippen LogP contribution is -1.97. The van der Waals surface area contributed by atoms with E-state index in [4.69, 9.17) is 0 Å². The molecular formula is C12H18O. The van der Waals surface area contributed by atoms with Crippen LogP contribution in [-0.4, -0.2) is 5.11 Å². The smallest absolute Gasteiger partial charge is 0.0790 e. The Morgan fingerprint density at radius 3 is 2.15 bits per heavy atom. The molecule has 0 aliphatic rings. The number of aryl methyl sites for hydroxylation is 2. The molecule has 0 spiro atoms. The molecule has 1 nitrogen and oxygen atoms in total. The van der Waals surface area contributed by atoms with E-state index in [0.29, 0.717) is 0 Å². The van der Waals surface area contributed by atoms with E-state index < -0.39 is 0 Å². The van der Waals surface area contributed by atoms with Crippen molar-refractivity contribution in [3.05, 3.63) is 34.9 Å². The van der Waals surface area contributed by atoms with E-state index in [1.165, 1.54) is 11.1 Å². The highest BCUT2D eigenvalue weighted by Gasteiger charge is 2.06. The minimum atomic E-state index is -0.288. The molecule has 0 aliphatic carbocycles. The Morgan fingerprint density at radius 1 is 1.15 bits per heavy atom. The summed E-state index contributed by atoms with van der Waals surface area (Å²) >= 11 is 0. The lowest BCUT2D eigenvalue weighted by Gasteiger charge is -2.11. The Labute approximate surface area is 80.4 Å².